The molecule has 0 aromatic carbocycles. The molecule has 0 saturated carbocycles. The first-order valence-electron chi connectivity index (χ1n) is 4.97. The molecular weight excluding hydrogens is 158 g/mol. The average Bonchev–Trinajstić information content (AvgIpc) is 2.45. The minimum absolute atomic E-state index is 0.235. The van der Waals surface area contributed by atoms with Gasteiger partial charge in [0.1, 0.15) is 0 Å². The minimum atomic E-state index is 0.235. The molecule has 0 spiro atoms. The van der Waals surface area contributed by atoms with Crippen molar-refractivity contribution >= 4 is 12.2 Å². The van der Waals surface area contributed by atoms with Crippen molar-refractivity contribution in [2.24, 2.45) is 0 Å². The molecule has 0 amide bonds. The van der Waals surface area contributed by atoms with E-state index in [9.17, 15) is 0 Å². The van der Waals surface area contributed by atoms with Crippen LogP contribution in [-0.4, -0.2) is 4.98 Å². The Morgan fingerprint density at radius 3 is 2.46 bits per heavy atom. The molecule has 0 fully saturated rings. The summed E-state index contributed by atoms with van der Waals surface area (Å²) < 4.78 is 0. The molecule has 0 unspecified atom stereocenters. The van der Waals surface area contributed by atoms with Crippen LogP contribution in [0.15, 0.2) is 6.07 Å². The Morgan fingerprint density at radius 2 is 1.85 bits per heavy atom. The zero-order chi connectivity index (χ0) is 9.47. The van der Waals surface area contributed by atoms with Crippen molar-refractivity contribution in [3.63, 3.8) is 0 Å². The van der Waals surface area contributed by atoms with Crippen molar-refractivity contribution in [3.8, 4) is 0 Å². The molecule has 1 heteroatoms. The van der Waals surface area contributed by atoms with E-state index in [-0.39, 0.29) is 5.41 Å². The van der Waals surface area contributed by atoms with Gasteiger partial charge >= 0.3 is 0 Å². The molecule has 1 aromatic heterocycles. The van der Waals surface area contributed by atoms with Crippen LogP contribution >= 0.6 is 0 Å². The third-order valence-corrected chi connectivity index (χ3v) is 2.57. The van der Waals surface area contributed by atoms with Crippen LogP contribution in [0, 0.1) is 0 Å². The molecule has 0 bridgehead atoms. The van der Waals surface area contributed by atoms with Crippen molar-refractivity contribution in [2.75, 3.05) is 0 Å². The molecular formula is C12H17N. The summed E-state index contributed by atoms with van der Waals surface area (Å²) in [5.41, 5.74) is 1.57. The van der Waals surface area contributed by atoms with Gasteiger partial charge in [-0.2, -0.15) is 0 Å². The highest BCUT2D eigenvalue weighted by atomic mass is 14.7. The molecule has 2 rings (SSSR count). The number of hydrogen-bond acceptors (Lipinski definition) is 0. The van der Waals surface area contributed by atoms with E-state index in [2.05, 4.69) is 44.0 Å². The zero-order valence-electron chi connectivity index (χ0n) is 8.65. The van der Waals surface area contributed by atoms with E-state index in [4.69, 9.17) is 0 Å². The van der Waals surface area contributed by atoms with E-state index in [1.54, 1.807) is 0 Å². The Bertz CT molecular complexity index is 381. The summed E-state index contributed by atoms with van der Waals surface area (Å²) in [6.07, 6.45) is 6.98. The number of fused-ring (bicyclic) bond motifs is 1. The molecule has 1 heterocycles. The molecule has 0 aliphatic heterocycles. The van der Waals surface area contributed by atoms with Crippen LogP contribution in [0.25, 0.3) is 12.2 Å². The van der Waals surface area contributed by atoms with Gasteiger partial charge in [0.15, 0.2) is 0 Å². The SMILES string of the molecule is CC(C)(C)c1cc2c([nH]1)=CCCC=2. The molecule has 1 aromatic rings. The van der Waals surface area contributed by atoms with Crippen LogP contribution in [-0.2, 0) is 5.41 Å². The summed E-state index contributed by atoms with van der Waals surface area (Å²) in [4.78, 5) is 3.49. The van der Waals surface area contributed by atoms with Gasteiger partial charge in [0.2, 0.25) is 0 Å². The van der Waals surface area contributed by atoms with Gasteiger partial charge in [-0.15, -0.1) is 0 Å². The van der Waals surface area contributed by atoms with Gasteiger partial charge in [0, 0.05) is 16.5 Å². The van der Waals surface area contributed by atoms with Crippen molar-refractivity contribution in [1.82, 2.24) is 4.98 Å². The Hall–Kier alpha value is -0.980. The first kappa shape index (κ1) is 8.61. The Labute approximate surface area is 79.2 Å². The van der Waals surface area contributed by atoms with Crippen molar-refractivity contribution < 1.29 is 0 Å². The smallest absolute Gasteiger partial charge is 0.0412 e. The number of hydrogen-bond donors (Lipinski definition) is 1. The second kappa shape index (κ2) is 2.76. The van der Waals surface area contributed by atoms with Gasteiger partial charge in [-0.25, -0.2) is 0 Å². The number of nitrogens with one attached hydrogen (secondary N) is 1. The lowest BCUT2D eigenvalue weighted by atomic mass is 9.92. The normalized spacial score (nSPS) is 15.9. The summed E-state index contributed by atoms with van der Waals surface area (Å²) in [5.74, 6) is 0. The first-order valence-corrected chi connectivity index (χ1v) is 4.97. The number of aromatic amines is 1. The van der Waals surface area contributed by atoms with E-state index in [0.29, 0.717) is 0 Å². The fourth-order valence-corrected chi connectivity index (χ4v) is 1.69. The maximum Gasteiger partial charge on any atom is 0.0412 e. The fraction of sp³-hybridized carbons (Fsp3) is 0.500. The highest BCUT2D eigenvalue weighted by Crippen LogP contribution is 2.17. The Morgan fingerprint density at radius 1 is 1.15 bits per heavy atom. The molecule has 0 atom stereocenters. The number of H-pyrrole nitrogens is 1. The van der Waals surface area contributed by atoms with Gasteiger partial charge < -0.3 is 4.98 Å². The molecule has 1 aliphatic carbocycles. The first-order chi connectivity index (χ1) is 6.07. The van der Waals surface area contributed by atoms with Crippen molar-refractivity contribution in [1.29, 1.82) is 0 Å². The largest absolute Gasteiger partial charge is 0.358 e. The topological polar surface area (TPSA) is 15.8 Å². The summed E-state index contributed by atoms with van der Waals surface area (Å²) in [7, 11) is 0. The summed E-state index contributed by atoms with van der Waals surface area (Å²) >= 11 is 0. The fourth-order valence-electron chi connectivity index (χ4n) is 1.69. The predicted molar refractivity (Wildman–Crippen MR) is 56.9 cm³/mol. The van der Waals surface area contributed by atoms with E-state index in [1.807, 2.05) is 0 Å². The number of aromatic nitrogens is 1. The van der Waals surface area contributed by atoms with Gasteiger partial charge in [0.25, 0.3) is 0 Å². The zero-order valence-corrected chi connectivity index (χ0v) is 8.65. The van der Waals surface area contributed by atoms with Crippen LogP contribution < -0.4 is 10.6 Å². The van der Waals surface area contributed by atoms with Gasteiger partial charge in [0.05, 0.1) is 0 Å². The molecule has 70 valence electrons. The molecule has 13 heavy (non-hydrogen) atoms. The highest BCUT2D eigenvalue weighted by molar-refractivity contribution is 5.38. The van der Waals surface area contributed by atoms with Crippen LogP contribution in [0.2, 0.25) is 0 Å². The number of rotatable bonds is 0. The maximum absolute atomic E-state index is 3.49. The third kappa shape index (κ3) is 1.55. The van der Waals surface area contributed by atoms with Gasteiger partial charge in [-0.05, 0) is 24.1 Å². The van der Waals surface area contributed by atoms with Crippen LogP contribution in [0.4, 0.5) is 0 Å². The molecule has 1 nitrogen and oxygen atoms in total. The summed E-state index contributed by atoms with van der Waals surface area (Å²) in [6.45, 7) is 6.72. The second-order valence-electron chi connectivity index (χ2n) is 4.79. The lowest BCUT2D eigenvalue weighted by Gasteiger charge is -2.15. The minimum Gasteiger partial charge on any atom is -0.358 e. The molecule has 0 saturated heterocycles. The van der Waals surface area contributed by atoms with Crippen LogP contribution in [0.1, 0.15) is 39.3 Å². The Balaban J connectivity index is 2.61. The monoisotopic (exact) mass is 175 g/mol. The van der Waals surface area contributed by atoms with Crippen LogP contribution in [0.5, 0.6) is 0 Å². The van der Waals surface area contributed by atoms with E-state index in [0.717, 1.165) is 0 Å². The van der Waals surface area contributed by atoms with Gasteiger partial charge in [-0.3, -0.25) is 0 Å². The van der Waals surface area contributed by atoms with Crippen molar-refractivity contribution in [3.05, 3.63) is 22.3 Å². The Kier molecular flexibility index (Phi) is 1.83. The maximum atomic E-state index is 3.49. The average molecular weight is 175 g/mol. The predicted octanol–water partition coefficient (Wildman–Crippen LogP) is 1.67. The highest BCUT2D eigenvalue weighted by Gasteiger charge is 2.15. The lowest BCUT2D eigenvalue weighted by molar-refractivity contribution is 0.571. The lowest BCUT2D eigenvalue weighted by Crippen LogP contribution is -2.24. The standard InChI is InChI=1S/C12H17N/c1-12(2,3)11-8-9-6-4-5-7-10(9)13-11/h6-8,13H,4-5H2,1-3H3. The third-order valence-electron chi connectivity index (χ3n) is 2.57. The quantitative estimate of drug-likeness (QED) is 0.617. The van der Waals surface area contributed by atoms with Crippen molar-refractivity contribution in [2.45, 2.75) is 39.0 Å². The van der Waals surface area contributed by atoms with E-state index < -0.39 is 0 Å². The molecule has 1 N–H and O–H groups in total. The second-order valence-corrected chi connectivity index (χ2v) is 4.79. The van der Waals surface area contributed by atoms with E-state index >= 15 is 0 Å². The van der Waals surface area contributed by atoms with E-state index in [1.165, 1.54) is 29.1 Å². The summed E-state index contributed by atoms with van der Waals surface area (Å²) in [5, 5.41) is 2.70. The molecule has 1 aliphatic rings. The van der Waals surface area contributed by atoms with Crippen LogP contribution in [0.3, 0.4) is 0 Å². The summed E-state index contributed by atoms with van der Waals surface area (Å²) in [6, 6.07) is 2.28. The molecule has 0 radical (unpaired) electrons. The van der Waals surface area contributed by atoms with Gasteiger partial charge in [-0.1, -0.05) is 32.9 Å².